The van der Waals surface area contributed by atoms with Crippen molar-refractivity contribution in [1.29, 1.82) is 0 Å². The van der Waals surface area contributed by atoms with Gasteiger partial charge in [-0.25, -0.2) is 9.78 Å². The summed E-state index contributed by atoms with van der Waals surface area (Å²) in [5, 5.41) is 0.0681. The van der Waals surface area contributed by atoms with Crippen LogP contribution in [0, 0.1) is 0 Å². The van der Waals surface area contributed by atoms with Crippen molar-refractivity contribution in [3.63, 3.8) is 0 Å². The van der Waals surface area contributed by atoms with Crippen LogP contribution in [-0.2, 0) is 11.2 Å². The van der Waals surface area contributed by atoms with Crippen molar-refractivity contribution in [3.05, 3.63) is 40.4 Å². The van der Waals surface area contributed by atoms with Crippen LogP contribution in [0.15, 0.2) is 18.2 Å². The first-order chi connectivity index (χ1) is 14.1. The molecule has 1 heterocycles. The number of rotatable bonds is 12. The minimum Gasteiger partial charge on any atom is -0.493 e. The molecule has 1 aromatic carbocycles. The molecule has 2 aromatic rings. The summed E-state index contributed by atoms with van der Waals surface area (Å²) in [7, 11) is 1.34. The number of esters is 1. The van der Waals surface area contributed by atoms with E-state index in [4.69, 9.17) is 31.5 Å². The van der Waals surface area contributed by atoms with Gasteiger partial charge < -0.3 is 19.9 Å². The van der Waals surface area contributed by atoms with Gasteiger partial charge in [0.1, 0.15) is 17.1 Å². The van der Waals surface area contributed by atoms with Crippen molar-refractivity contribution in [2.45, 2.75) is 39.0 Å². The van der Waals surface area contributed by atoms with Crippen LogP contribution in [0.5, 0.6) is 11.8 Å². The van der Waals surface area contributed by atoms with Crippen molar-refractivity contribution in [2.75, 3.05) is 26.9 Å². The summed E-state index contributed by atoms with van der Waals surface area (Å²) in [6, 6.07) is 5.46. The monoisotopic (exact) mass is 422 g/mol. The molecule has 0 saturated heterocycles. The lowest BCUT2D eigenvalue weighted by Gasteiger charge is -2.12. The molecule has 158 valence electrons. The van der Waals surface area contributed by atoms with E-state index in [0.717, 1.165) is 31.2 Å². The molecular weight excluding hydrogens is 396 g/mol. The molecule has 0 aliphatic heterocycles. The first-order valence-corrected chi connectivity index (χ1v) is 10.0. The fourth-order valence-electron chi connectivity index (χ4n) is 2.68. The number of methoxy groups -OCH3 is 1. The lowest BCUT2D eigenvalue weighted by atomic mass is 10.1. The number of aromatic nitrogens is 3. The predicted octanol–water partition coefficient (Wildman–Crippen LogP) is 3.20. The average Bonchev–Trinajstić information content (AvgIpc) is 2.70. The molecular formula is C20H27ClN4O4. The van der Waals surface area contributed by atoms with E-state index in [2.05, 4.69) is 15.0 Å². The zero-order valence-electron chi connectivity index (χ0n) is 16.8. The van der Waals surface area contributed by atoms with Gasteiger partial charge in [0, 0.05) is 6.42 Å². The van der Waals surface area contributed by atoms with Gasteiger partial charge in [-0.3, -0.25) is 0 Å². The van der Waals surface area contributed by atoms with Crippen LogP contribution in [0.1, 0.15) is 54.4 Å². The second-order valence-electron chi connectivity index (χ2n) is 6.29. The molecule has 29 heavy (non-hydrogen) atoms. The second kappa shape index (κ2) is 12.2. The molecule has 0 bridgehead atoms. The molecule has 0 unspecified atom stereocenters. The van der Waals surface area contributed by atoms with E-state index in [1.54, 1.807) is 18.2 Å². The van der Waals surface area contributed by atoms with Gasteiger partial charge >= 0.3 is 12.0 Å². The lowest BCUT2D eigenvalue weighted by Crippen LogP contribution is -2.08. The third-order valence-corrected chi connectivity index (χ3v) is 4.25. The van der Waals surface area contributed by atoms with Crippen molar-refractivity contribution < 1.29 is 19.0 Å². The summed E-state index contributed by atoms with van der Waals surface area (Å²) in [6.45, 7) is 3.46. The number of unbranched alkanes of at least 4 members (excludes halogenated alkanes) is 3. The second-order valence-corrected chi connectivity index (χ2v) is 6.62. The Bertz CT molecular complexity index is 804. The Morgan fingerprint density at radius 2 is 1.90 bits per heavy atom. The van der Waals surface area contributed by atoms with E-state index in [1.165, 1.54) is 7.11 Å². The normalized spacial score (nSPS) is 10.6. The van der Waals surface area contributed by atoms with E-state index in [1.807, 2.05) is 6.92 Å². The Morgan fingerprint density at radius 3 is 2.62 bits per heavy atom. The molecule has 1 aromatic heterocycles. The van der Waals surface area contributed by atoms with Crippen LogP contribution < -0.4 is 15.2 Å². The van der Waals surface area contributed by atoms with Gasteiger partial charge in [-0.05, 0) is 55.6 Å². The van der Waals surface area contributed by atoms with Crippen LogP contribution in [0.4, 0.5) is 0 Å². The van der Waals surface area contributed by atoms with Gasteiger partial charge in [0.05, 0.1) is 20.3 Å². The quantitative estimate of drug-likeness (QED) is 0.410. The number of benzene rings is 1. The molecule has 0 fully saturated rings. The summed E-state index contributed by atoms with van der Waals surface area (Å²) >= 11 is 5.95. The van der Waals surface area contributed by atoms with Crippen LogP contribution >= 0.6 is 11.6 Å². The van der Waals surface area contributed by atoms with E-state index in [9.17, 15) is 4.79 Å². The van der Waals surface area contributed by atoms with Crippen LogP contribution in [0.2, 0.25) is 5.28 Å². The SMILES string of the molecule is CCOc1nc(Cl)nc(Cc2ccc(C(=O)OC)c(OCCCCCCN)c2)n1. The molecule has 0 atom stereocenters. The predicted molar refractivity (Wildman–Crippen MR) is 110 cm³/mol. The first-order valence-electron chi connectivity index (χ1n) is 9.64. The van der Waals surface area contributed by atoms with Crippen molar-refractivity contribution in [1.82, 2.24) is 15.0 Å². The number of carbonyl (C=O) groups is 1. The number of hydrogen-bond acceptors (Lipinski definition) is 8. The van der Waals surface area contributed by atoms with Gasteiger partial charge in [0.2, 0.25) is 5.28 Å². The molecule has 0 amide bonds. The standard InChI is InChI=1S/C20H27ClN4O4/c1-3-28-20-24-17(23-19(21)25-20)13-14-8-9-15(18(26)27-2)16(12-14)29-11-7-5-4-6-10-22/h8-9,12H,3-7,10-11,13,22H2,1-2H3. The smallest absolute Gasteiger partial charge is 0.341 e. The number of nitrogens with two attached hydrogens (primary N) is 1. The van der Waals surface area contributed by atoms with Gasteiger partial charge in [-0.2, -0.15) is 9.97 Å². The Hall–Kier alpha value is -2.45. The molecule has 0 spiro atoms. The van der Waals surface area contributed by atoms with E-state index in [-0.39, 0.29) is 11.3 Å². The Balaban J connectivity index is 2.13. The number of halogens is 1. The number of nitrogens with zero attached hydrogens (tertiary/aromatic N) is 3. The van der Waals surface area contributed by atoms with Crippen LogP contribution in [-0.4, -0.2) is 47.8 Å². The summed E-state index contributed by atoms with van der Waals surface area (Å²) in [4.78, 5) is 24.4. The highest BCUT2D eigenvalue weighted by atomic mass is 35.5. The van der Waals surface area contributed by atoms with Crippen LogP contribution in [0.3, 0.4) is 0 Å². The van der Waals surface area contributed by atoms with Crippen LogP contribution in [0.25, 0.3) is 0 Å². The molecule has 9 heteroatoms. The number of carbonyl (C=O) groups excluding carboxylic acids is 1. The van der Waals surface area contributed by atoms with Crippen molar-refractivity contribution in [3.8, 4) is 11.8 Å². The Morgan fingerprint density at radius 1 is 1.10 bits per heavy atom. The maximum Gasteiger partial charge on any atom is 0.341 e. The molecule has 0 aliphatic carbocycles. The summed E-state index contributed by atoms with van der Waals surface area (Å²) in [5.74, 6) is 0.488. The van der Waals surface area contributed by atoms with Gasteiger partial charge in [0.25, 0.3) is 0 Å². The Labute approximate surface area is 175 Å². The van der Waals surface area contributed by atoms with E-state index >= 15 is 0 Å². The van der Waals surface area contributed by atoms with Gasteiger partial charge in [-0.15, -0.1) is 0 Å². The maximum absolute atomic E-state index is 12.1. The van der Waals surface area contributed by atoms with Gasteiger partial charge in [0.15, 0.2) is 0 Å². The first kappa shape index (κ1) is 22.8. The van der Waals surface area contributed by atoms with Crippen molar-refractivity contribution >= 4 is 17.6 Å². The zero-order valence-corrected chi connectivity index (χ0v) is 17.6. The molecule has 0 saturated carbocycles. The third kappa shape index (κ3) is 7.47. The van der Waals surface area contributed by atoms with Gasteiger partial charge in [-0.1, -0.05) is 18.9 Å². The third-order valence-electron chi connectivity index (χ3n) is 4.08. The summed E-state index contributed by atoms with van der Waals surface area (Å²) in [5.41, 5.74) is 6.74. The summed E-state index contributed by atoms with van der Waals surface area (Å²) < 4.78 is 16.0. The number of hydrogen-bond donors (Lipinski definition) is 1. The lowest BCUT2D eigenvalue weighted by molar-refractivity contribution is 0.0596. The molecule has 8 nitrogen and oxygen atoms in total. The highest BCUT2D eigenvalue weighted by molar-refractivity contribution is 6.28. The highest BCUT2D eigenvalue weighted by Crippen LogP contribution is 2.24. The average molecular weight is 423 g/mol. The fourth-order valence-corrected chi connectivity index (χ4v) is 2.85. The van der Waals surface area contributed by atoms with Crippen molar-refractivity contribution in [2.24, 2.45) is 5.73 Å². The molecule has 2 N–H and O–H groups in total. The minimum atomic E-state index is -0.448. The maximum atomic E-state index is 12.1. The molecule has 0 aliphatic rings. The molecule has 2 rings (SSSR count). The van der Waals surface area contributed by atoms with E-state index < -0.39 is 5.97 Å². The highest BCUT2D eigenvalue weighted by Gasteiger charge is 2.15. The minimum absolute atomic E-state index is 0.0681. The fraction of sp³-hybridized carbons (Fsp3) is 0.500. The zero-order chi connectivity index (χ0) is 21.1. The Kier molecular flexibility index (Phi) is 9.59. The number of ether oxygens (including phenoxy) is 3. The summed E-state index contributed by atoms with van der Waals surface area (Å²) in [6.07, 6.45) is 4.35. The molecule has 0 radical (unpaired) electrons. The largest absolute Gasteiger partial charge is 0.493 e. The van der Waals surface area contributed by atoms with E-state index in [0.29, 0.717) is 43.3 Å². The topological polar surface area (TPSA) is 109 Å².